The average molecular weight is 422 g/mol. The van der Waals surface area contributed by atoms with Crippen LogP contribution in [0.5, 0.6) is 0 Å². The number of nitrogens with zero attached hydrogens (tertiary/aromatic N) is 1. The Balaban J connectivity index is 2.08. The summed E-state index contributed by atoms with van der Waals surface area (Å²) in [5.74, 6) is -0.557. The van der Waals surface area contributed by atoms with E-state index in [1.807, 2.05) is 5.38 Å². The molecule has 5 nitrogen and oxygen atoms in total. The van der Waals surface area contributed by atoms with Crippen molar-refractivity contribution < 1.29 is 17.9 Å². The van der Waals surface area contributed by atoms with Crippen molar-refractivity contribution in [2.45, 2.75) is 16.7 Å². The first-order chi connectivity index (χ1) is 10.4. The second-order valence-electron chi connectivity index (χ2n) is 4.65. The van der Waals surface area contributed by atoms with Gasteiger partial charge in [-0.25, -0.2) is 13.2 Å². The average Bonchev–Trinajstić information content (AvgIpc) is 3.13. The van der Waals surface area contributed by atoms with Gasteiger partial charge in [-0.05, 0) is 51.5 Å². The third-order valence-corrected chi connectivity index (χ3v) is 8.41. The Morgan fingerprint density at radius 2 is 2.18 bits per heavy atom. The smallest absolute Gasteiger partial charge is 0.328 e. The molecule has 0 aliphatic carbocycles. The highest BCUT2D eigenvalue weighted by molar-refractivity contribution is 9.11. The molecule has 0 saturated carbocycles. The van der Waals surface area contributed by atoms with Crippen molar-refractivity contribution in [1.29, 1.82) is 0 Å². The van der Waals surface area contributed by atoms with Crippen LogP contribution in [0.2, 0.25) is 0 Å². The zero-order valence-corrected chi connectivity index (χ0v) is 15.5. The summed E-state index contributed by atoms with van der Waals surface area (Å²) in [6, 6.07) is 4.12. The molecule has 118 valence electrons. The molecule has 1 atom stereocenters. The van der Waals surface area contributed by atoms with Crippen molar-refractivity contribution in [3.05, 3.63) is 37.8 Å². The van der Waals surface area contributed by atoms with Gasteiger partial charge >= 0.3 is 5.97 Å². The maximum Gasteiger partial charge on any atom is 0.328 e. The number of halogens is 1. The Kier molecular flexibility index (Phi) is 4.43. The van der Waals surface area contributed by atoms with Crippen LogP contribution in [0.25, 0.3) is 0 Å². The van der Waals surface area contributed by atoms with Crippen LogP contribution in [-0.2, 0) is 26.0 Å². The summed E-state index contributed by atoms with van der Waals surface area (Å²) in [6.07, 6.45) is 0.603. The van der Waals surface area contributed by atoms with Gasteiger partial charge in [0.15, 0.2) is 0 Å². The monoisotopic (exact) mass is 421 g/mol. The van der Waals surface area contributed by atoms with Crippen molar-refractivity contribution in [3.8, 4) is 0 Å². The minimum absolute atomic E-state index is 0.215. The number of ether oxygens (including phenoxy) is 1. The van der Waals surface area contributed by atoms with E-state index in [4.69, 9.17) is 4.74 Å². The third-order valence-electron chi connectivity index (χ3n) is 3.46. The maximum atomic E-state index is 12.9. The Morgan fingerprint density at radius 1 is 1.41 bits per heavy atom. The minimum Gasteiger partial charge on any atom is -0.468 e. The summed E-state index contributed by atoms with van der Waals surface area (Å²) in [5, 5.41) is 1.87. The molecule has 22 heavy (non-hydrogen) atoms. The quantitative estimate of drug-likeness (QED) is 0.714. The van der Waals surface area contributed by atoms with E-state index < -0.39 is 22.0 Å². The van der Waals surface area contributed by atoms with Crippen molar-refractivity contribution in [2.75, 3.05) is 13.7 Å². The molecule has 0 amide bonds. The summed E-state index contributed by atoms with van der Waals surface area (Å²) in [6.45, 7) is 0.269. The molecular weight excluding hydrogens is 410 g/mol. The Morgan fingerprint density at radius 3 is 2.82 bits per heavy atom. The lowest BCUT2D eigenvalue weighted by Gasteiger charge is -2.32. The summed E-state index contributed by atoms with van der Waals surface area (Å²) >= 11 is 5.94. The highest BCUT2D eigenvalue weighted by atomic mass is 79.9. The molecule has 0 saturated heterocycles. The van der Waals surface area contributed by atoms with Crippen LogP contribution in [0.4, 0.5) is 0 Å². The number of hydrogen-bond acceptors (Lipinski definition) is 6. The number of rotatable bonds is 3. The highest BCUT2D eigenvalue weighted by Gasteiger charge is 2.42. The van der Waals surface area contributed by atoms with Crippen molar-refractivity contribution >= 4 is 54.6 Å². The first kappa shape index (κ1) is 16.1. The molecule has 0 spiro atoms. The number of thiophene rings is 2. The first-order valence-corrected chi connectivity index (χ1v) is 10.3. The fraction of sp³-hybridized carbons (Fsp3) is 0.308. The van der Waals surface area contributed by atoms with Crippen LogP contribution in [-0.4, -0.2) is 32.3 Å². The van der Waals surface area contributed by atoms with Gasteiger partial charge in [-0.2, -0.15) is 4.31 Å². The SMILES string of the molecule is COC(=O)C1c2ccsc2CCN1S(=O)(=O)c1ccc(Br)s1. The molecule has 9 heteroatoms. The fourth-order valence-electron chi connectivity index (χ4n) is 2.46. The Hall–Kier alpha value is -0.740. The molecule has 1 aliphatic rings. The fourth-order valence-corrected chi connectivity index (χ4v) is 7.06. The van der Waals surface area contributed by atoms with Gasteiger partial charge in [0.05, 0.1) is 10.9 Å². The Labute approximate surface area is 144 Å². The highest BCUT2D eigenvalue weighted by Crippen LogP contribution is 2.39. The van der Waals surface area contributed by atoms with Gasteiger partial charge in [-0.3, -0.25) is 0 Å². The van der Waals surface area contributed by atoms with E-state index in [0.717, 1.165) is 25.6 Å². The predicted molar refractivity (Wildman–Crippen MR) is 88.7 cm³/mol. The van der Waals surface area contributed by atoms with Crippen LogP contribution in [0.1, 0.15) is 16.5 Å². The first-order valence-electron chi connectivity index (χ1n) is 6.36. The molecule has 2 aromatic heterocycles. The molecule has 1 unspecified atom stereocenters. The van der Waals surface area contributed by atoms with E-state index in [1.54, 1.807) is 18.2 Å². The molecule has 0 fully saturated rings. The number of sulfonamides is 1. The topological polar surface area (TPSA) is 63.7 Å². The molecule has 1 aliphatic heterocycles. The summed E-state index contributed by atoms with van der Waals surface area (Å²) < 4.78 is 32.8. The standard InChI is InChI=1S/C13H12BrNO4S3/c1-19-13(16)12-8-5-7-20-9(8)4-6-15(12)22(17,18)11-3-2-10(14)21-11/h2-3,5,7,12H,4,6H2,1H3. The number of carbonyl (C=O) groups is 1. The van der Waals surface area contributed by atoms with E-state index in [9.17, 15) is 13.2 Å². The van der Waals surface area contributed by atoms with Gasteiger partial charge in [-0.15, -0.1) is 22.7 Å². The molecule has 3 rings (SSSR count). The molecule has 0 aromatic carbocycles. The largest absolute Gasteiger partial charge is 0.468 e. The molecule has 0 radical (unpaired) electrons. The zero-order chi connectivity index (χ0) is 15.9. The van der Waals surface area contributed by atoms with Gasteiger partial charge < -0.3 is 4.74 Å². The second kappa shape index (κ2) is 6.04. The van der Waals surface area contributed by atoms with E-state index in [0.29, 0.717) is 6.42 Å². The van der Waals surface area contributed by atoms with Gasteiger partial charge in [0.1, 0.15) is 10.3 Å². The van der Waals surface area contributed by atoms with Crippen molar-refractivity contribution in [3.63, 3.8) is 0 Å². The lowest BCUT2D eigenvalue weighted by Crippen LogP contribution is -2.43. The Bertz CT molecular complexity index is 811. The summed E-state index contributed by atoms with van der Waals surface area (Å²) in [4.78, 5) is 13.2. The van der Waals surface area contributed by atoms with Gasteiger partial charge in [0, 0.05) is 11.4 Å². The van der Waals surface area contributed by atoms with Gasteiger partial charge in [0.2, 0.25) is 0 Å². The van der Waals surface area contributed by atoms with Gasteiger partial charge in [0.25, 0.3) is 10.0 Å². The molecule has 2 aromatic rings. The maximum absolute atomic E-state index is 12.9. The summed E-state index contributed by atoms with van der Waals surface area (Å²) in [7, 11) is -2.47. The molecule has 3 heterocycles. The minimum atomic E-state index is -3.74. The second-order valence-corrected chi connectivity index (χ2v) is 10.2. The van der Waals surface area contributed by atoms with Crippen LogP contribution < -0.4 is 0 Å². The van der Waals surface area contributed by atoms with Crippen molar-refractivity contribution in [2.24, 2.45) is 0 Å². The van der Waals surface area contributed by atoms with E-state index in [1.165, 1.54) is 22.8 Å². The normalized spacial score (nSPS) is 18.9. The molecule has 0 bridgehead atoms. The lowest BCUT2D eigenvalue weighted by atomic mass is 10.0. The number of esters is 1. The van der Waals surface area contributed by atoms with Gasteiger partial charge in [-0.1, -0.05) is 0 Å². The molecular formula is C13H12BrNO4S3. The predicted octanol–water partition coefficient (Wildman–Crippen LogP) is 3.03. The van der Waals surface area contributed by atoms with E-state index in [2.05, 4.69) is 15.9 Å². The van der Waals surface area contributed by atoms with E-state index in [-0.39, 0.29) is 10.8 Å². The van der Waals surface area contributed by atoms with Crippen LogP contribution in [0.15, 0.2) is 31.6 Å². The van der Waals surface area contributed by atoms with Crippen LogP contribution in [0, 0.1) is 0 Å². The number of hydrogen-bond donors (Lipinski definition) is 0. The number of carbonyl (C=O) groups excluding carboxylic acids is 1. The van der Waals surface area contributed by atoms with Crippen LogP contribution in [0.3, 0.4) is 0 Å². The lowest BCUT2D eigenvalue weighted by molar-refractivity contribution is -0.145. The van der Waals surface area contributed by atoms with E-state index >= 15 is 0 Å². The zero-order valence-electron chi connectivity index (χ0n) is 11.5. The third kappa shape index (κ3) is 2.65. The van der Waals surface area contributed by atoms with Crippen LogP contribution >= 0.6 is 38.6 Å². The number of fused-ring (bicyclic) bond motifs is 1. The van der Waals surface area contributed by atoms with Crippen molar-refractivity contribution in [1.82, 2.24) is 4.31 Å². The molecule has 0 N–H and O–H groups in total. The summed E-state index contributed by atoms with van der Waals surface area (Å²) in [5.41, 5.74) is 0.724. The number of methoxy groups -OCH3 is 1.